The van der Waals surface area contributed by atoms with Crippen LogP contribution in [0.3, 0.4) is 0 Å². The highest BCUT2D eigenvalue weighted by Crippen LogP contribution is 2.27. The third kappa shape index (κ3) is 2.20. The summed E-state index contributed by atoms with van der Waals surface area (Å²) in [6, 6.07) is 10.1. The maximum Gasteiger partial charge on any atom is 0.271 e. The number of imidazole rings is 1. The summed E-state index contributed by atoms with van der Waals surface area (Å²) in [6.45, 7) is 3.93. The summed E-state index contributed by atoms with van der Waals surface area (Å²) in [5.41, 5.74) is 3.64. The molecule has 0 aliphatic rings. The Balaban J connectivity index is 2.24. The Morgan fingerprint density at radius 3 is 2.43 bits per heavy atom. The summed E-state index contributed by atoms with van der Waals surface area (Å²) >= 11 is 0. The summed E-state index contributed by atoms with van der Waals surface area (Å²) in [5, 5.41) is 21.1. The van der Waals surface area contributed by atoms with E-state index in [2.05, 4.69) is 4.98 Å². The summed E-state index contributed by atoms with van der Waals surface area (Å²) in [7, 11) is 0. The SMILES string of the molecule is Cc1cc(C)cc(-c2nc3ccc([N+](=O)[O-])cc3n2O)c1. The van der Waals surface area contributed by atoms with Gasteiger partial charge in [0.15, 0.2) is 5.82 Å². The first-order valence-corrected chi connectivity index (χ1v) is 6.40. The quantitative estimate of drug-likeness (QED) is 0.443. The molecule has 0 atom stereocenters. The maximum atomic E-state index is 10.8. The summed E-state index contributed by atoms with van der Waals surface area (Å²) in [4.78, 5) is 14.7. The molecule has 0 aliphatic heterocycles. The van der Waals surface area contributed by atoms with E-state index in [4.69, 9.17) is 0 Å². The Morgan fingerprint density at radius 2 is 1.81 bits per heavy atom. The highest BCUT2D eigenvalue weighted by atomic mass is 16.6. The zero-order valence-corrected chi connectivity index (χ0v) is 11.6. The number of non-ortho nitro benzene ring substituents is 1. The Bertz CT molecular complexity index is 848. The van der Waals surface area contributed by atoms with Gasteiger partial charge in [-0.15, -0.1) is 0 Å². The molecule has 0 bridgehead atoms. The Labute approximate surface area is 120 Å². The lowest BCUT2D eigenvalue weighted by Gasteiger charge is -2.04. The van der Waals surface area contributed by atoms with E-state index < -0.39 is 4.92 Å². The van der Waals surface area contributed by atoms with Gasteiger partial charge in [0, 0.05) is 17.7 Å². The van der Waals surface area contributed by atoms with Crippen molar-refractivity contribution in [1.82, 2.24) is 9.71 Å². The van der Waals surface area contributed by atoms with Gasteiger partial charge in [0.2, 0.25) is 0 Å². The molecular formula is C15H13N3O3. The van der Waals surface area contributed by atoms with Crippen LogP contribution in [-0.4, -0.2) is 19.8 Å². The van der Waals surface area contributed by atoms with Gasteiger partial charge >= 0.3 is 0 Å². The molecule has 1 heterocycles. The van der Waals surface area contributed by atoms with E-state index in [9.17, 15) is 15.3 Å². The van der Waals surface area contributed by atoms with Crippen LogP contribution in [0.4, 0.5) is 5.69 Å². The van der Waals surface area contributed by atoms with Crippen LogP contribution in [-0.2, 0) is 0 Å². The van der Waals surface area contributed by atoms with Crippen molar-refractivity contribution in [3.63, 3.8) is 0 Å². The van der Waals surface area contributed by atoms with Gasteiger partial charge in [0.05, 0.1) is 10.4 Å². The number of nitrogens with zero attached hydrogens (tertiary/aromatic N) is 3. The zero-order chi connectivity index (χ0) is 15.1. The van der Waals surface area contributed by atoms with E-state index in [1.807, 2.05) is 32.0 Å². The van der Waals surface area contributed by atoms with Crippen molar-refractivity contribution in [2.45, 2.75) is 13.8 Å². The molecule has 0 amide bonds. The van der Waals surface area contributed by atoms with Crippen LogP contribution in [0.2, 0.25) is 0 Å². The summed E-state index contributed by atoms with van der Waals surface area (Å²) in [5.74, 6) is 0.372. The molecule has 0 fully saturated rings. The minimum atomic E-state index is -0.497. The predicted octanol–water partition coefficient (Wildman–Crippen LogP) is 3.47. The smallest absolute Gasteiger partial charge is 0.271 e. The number of hydrogen-bond donors (Lipinski definition) is 1. The summed E-state index contributed by atoms with van der Waals surface area (Å²) < 4.78 is 0.899. The lowest BCUT2D eigenvalue weighted by Crippen LogP contribution is -1.95. The molecule has 0 saturated carbocycles. The number of hydrogen-bond acceptors (Lipinski definition) is 4. The number of aromatic nitrogens is 2. The van der Waals surface area contributed by atoms with Crippen LogP contribution >= 0.6 is 0 Å². The van der Waals surface area contributed by atoms with Crippen molar-refractivity contribution in [3.05, 3.63) is 57.6 Å². The van der Waals surface area contributed by atoms with Crippen molar-refractivity contribution in [2.75, 3.05) is 0 Å². The molecule has 0 unspecified atom stereocenters. The third-order valence-corrected chi connectivity index (χ3v) is 3.30. The lowest BCUT2D eigenvalue weighted by atomic mass is 10.1. The van der Waals surface area contributed by atoms with Gasteiger partial charge in [-0.3, -0.25) is 10.1 Å². The van der Waals surface area contributed by atoms with E-state index in [0.29, 0.717) is 16.9 Å². The van der Waals surface area contributed by atoms with E-state index in [-0.39, 0.29) is 5.69 Å². The van der Waals surface area contributed by atoms with Crippen molar-refractivity contribution in [1.29, 1.82) is 0 Å². The highest BCUT2D eigenvalue weighted by molar-refractivity contribution is 5.82. The van der Waals surface area contributed by atoms with Crippen LogP contribution < -0.4 is 0 Å². The molecule has 1 N–H and O–H groups in total. The van der Waals surface area contributed by atoms with Gasteiger partial charge in [0.25, 0.3) is 5.69 Å². The van der Waals surface area contributed by atoms with Gasteiger partial charge in [0.1, 0.15) is 5.52 Å². The fourth-order valence-electron chi connectivity index (χ4n) is 2.46. The predicted molar refractivity (Wildman–Crippen MR) is 78.5 cm³/mol. The molecule has 6 nitrogen and oxygen atoms in total. The first kappa shape index (κ1) is 13.1. The van der Waals surface area contributed by atoms with Gasteiger partial charge in [-0.1, -0.05) is 17.2 Å². The minimum absolute atomic E-state index is 0.0790. The molecule has 0 radical (unpaired) electrons. The van der Waals surface area contributed by atoms with Crippen LogP contribution in [0.15, 0.2) is 36.4 Å². The van der Waals surface area contributed by atoms with Crippen LogP contribution in [0.5, 0.6) is 0 Å². The molecule has 6 heteroatoms. The molecule has 0 saturated heterocycles. The fraction of sp³-hybridized carbons (Fsp3) is 0.133. The first-order chi connectivity index (χ1) is 9.95. The monoisotopic (exact) mass is 283 g/mol. The average Bonchev–Trinajstić information content (AvgIpc) is 2.74. The minimum Gasteiger partial charge on any atom is -0.426 e. The van der Waals surface area contributed by atoms with Gasteiger partial charge in [-0.25, -0.2) is 4.98 Å². The Hall–Kier alpha value is -2.89. The second-order valence-electron chi connectivity index (χ2n) is 5.05. The molecule has 3 aromatic rings. The van der Waals surface area contributed by atoms with Crippen molar-refractivity contribution in [3.8, 4) is 11.4 Å². The number of aryl methyl sites for hydroxylation is 2. The number of nitro groups is 1. The first-order valence-electron chi connectivity index (χ1n) is 6.40. The number of fused-ring (bicyclic) bond motifs is 1. The standard InChI is InChI=1S/C15H13N3O3/c1-9-5-10(2)7-11(6-9)15-16-13-4-3-12(18(20)21)8-14(13)17(15)19/h3-8,19H,1-2H3. The lowest BCUT2D eigenvalue weighted by molar-refractivity contribution is -0.384. The van der Waals surface area contributed by atoms with Crippen molar-refractivity contribution >= 4 is 16.7 Å². The van der Waals surface area contributed by atoms with Crippen LogP contribution in [0.25, 0.3) is 22.4 Å². The van der Waals surface area contributed by atoms with Gasteiger partial charge in [-0.2, -0.15) is 4.73 Å². The maximum absolute atomic E-state index is 10.8. The molecule has 21 heavy (non-hydrogen) atoms. The van der Waals surface area contributed by atoms with E-state index >= 15 is 0 Å². The third-order valence-electron chi connectivity index (χ3n) is 3.30. The molecule has 0 spiro atoms. The molecular weight excluding hydrogens is 270 g/mol. The fourth-order valence-corrected chi connectivity index (χ4v) is 2.46. The number of benzene rings is 2. The second kappa shape index (κ2) is 4.59. The van der Waals surface area contributed by atoms with Gasteiger partial charge < -0.3 is 5.21 Å². The molecule has 2 aromatic carbocycles. The van der Waals surface area contributed by atoms with Gasteiger partial charge in [-0.05, 0) is 32.0 Å². The normalized spacial score (nSPS) is 11.0. The van der Waals surface area contributed by atoms with Crippen LogP contribution in [0.1, 0.15) is 11.1 Å². The highest BCUT2D eigenvalue weighted by Gasteiger charge is 2.16. The topological polar surface area (TPSA) is 81.2 Å². The van der Waals surface area contributed by atoms with Crippen LogP contribution in [0, 0.1) is 24.0 Å². The summed E-state index contributed by atoms with van der Waals surface area (Å²) in [6.07, 6.45) is 0. The molecule has 3 rings (SSSR count). The Morgan fingerprint density at radius 1 is 1.14 bits per heavy atom. The largest absolute Gasteiger partial charge is 0.426 e. The number of nitro benzene ring substituents is 1. The Kier molecular flexibility index (Phi) is 2.86. The van der Waals surface area contributed by atoms with E-state index in [1.54, 1.807) is 0 Å². The number of rotatable bonds is 2. The van der Waals surface area contributed by atoms with E-state index in [1.165, 1.54) is 18.2 Å². The average molecular weight is 283 g/mol. The van der Waals surface area contributed by atoms with Crippen molar-refractivity contribution < 1.29 is 10.1 Å². The molecule has 1 aromatic heterocycles. The molecule has 0 aliphatic carbocycles. The zero-order valence-electron chi connectivity index (χ0n) is 11.6. The molecule has 106 valence electrons. The van der Waals surface area contributed by atoms with Crippen molar-refractivity contribution in [2.24, 2.45) is 0 Å². The second-order valence-corrected chi connectivity index (χ2v) is 5.05. The van der Waals surface area contributed by atoms with E-state index in [0.717, 1.165) is 21.4 Å².